The molecular weight excluding hydrogens is 392 g/mol. The molecule has 2 aliphatic rings. The van der Waals surface area contributed by atoms with E-state index in [2.05, 4.69) is 24.1 Å². The van der Waals surface area contributed by atoms with Crippen molar-refractivity contribution in [3.63, 3.8) is 0 Å². The standard InChI is InChI=1S/C25H32N2O4/c1-5-29-24-11-21-10-16(2)31-23(21)12-22(24)26-25(28)20-8-6-19(7-9-20)15-27-13-17(3)30-18(4)14-27/h6-9,11-12,16-18H,5,10,13-15H2,1-4H3,(H,26,28). The fraction of sp³-hybridized carbons (Fsp3) is 0.480. The van der Waals surface area contributed by atoms with Crippen LogP contribution in [0.15, 0.2) is 36.4 Å². The van der Waals surface area contributed by atoms with Crippen molar-refractivity contribution >= 4 is 11.6 Å². The monoisotopic (exact) mass is 424 g/mol. The lowest BCUT2D eigenvalue weighted by Gasteiger charge is -2.35. The van der Waals surface area contributed by atoms with Crippen molar-refractivity contribution in [3.8, 4) is 11.5 Å². The van der Waals surface area contributed by atoms with E-state index in [4.69, 9.17) is 14.2 Å². The van der Waals surface area contributed by atoms with E-state index >= 15 is 0 Å². The van der Waals surface area contributed by atoms with Crippen LogP contribution in [0.1, 0.15) is 49.2 Å². The third-order valence-electron chi connectivity index (χ3n) is 5.66. The molecule has 3 atom stereocenters. The summed E-state index contributed by atoms with van der Waals surface area (Å²) in [4.78, 5) is 15.3. The van der Waals surface area contributed by atoms with Crippen LogP contribution in [0.2, 0.25) is 0 Å². The van der Waals surface area contributed by atoms with Crippen molar-refractivity contribution in [3.05, 3.63) is 53.1 Å². The Labute approximate surface area is 184 Å². The second-order valence-electron chi connectivity index (χ2n) is 8.62. The van der Waals surface area contributed by atoms with Crippen LogP contribution in [-0.4, -0.2) is 48.8 Å². The molecule has 1 N–H and O–H groups in total. The van der Waals surface area contributed by atoms with Gasteiger partial charge in [0.2, 0.25) is 0 Å². The molecule has 6 heteroatoms. The van der Waals surface area contributed by atoms with Crippen LogP contribution >= 0.6 is 0 Å². The smallest absolute Gasteiger partial charge is 0.255 e. The summed E-state index contributed by atoms with van der Waals surface area (Å²) in [5, 5.41) is 3.00. The van der Waals surface area contributed by atoms with E-state index in [0.717, 1.165) is 37.4 Å². The average molecular weight is 425 g/mol. The minimum Gasteiger partial charge on any atom is -0.492 e. The predicted molar refractivity (Wildman–Crippen MR) is 121 cm³/mol. The molecule has 1 saturated heterocycles. The molecule has 0 spiro atoms. The van der Waals surface area contributed by atoms with Gasteiger partial charge in [-0.15, -0.1) is 0 Å². The first kappa shape index (κ1) is 21.7. The highest BCUT2D eigenvalue weighted by atomic mass is 16.5. The van der Waals surface area contributed by atoms with Gasteiger partial charge in [-0.25, -0.2) is 0 Å². The molecular formula is C25H32N2O4. The van der Waals surface area contributed by atoms with Gasteiger partial charge in [-0.3, -0.25) is 9.69 Å². The van der Waals surface area contributed by atoms with Crippen LogP contribution in [0.3, 0.4) is 0 Å². The van der Waals surface area contributed by atoms with Crippen LogP contribution in [0.4, 0.5) is 5.69 Å². The third kappa shape index (κ3) is 5.20. The molecule has 2 aliphatic heterocycles. The van der Waals surface area contributed by atoms with E-state index in [1.54, 1.807) is 0 Å². The molecule has 3 unspecified atom stereocenters. The van der Waals surface area contributed by atoms with E-state index in [1.807, 2.05) is 50.2 Å². The maximum Gasteiger partial charge on any atom is 0.255 e. The predicted octanol–water partition coefficient (Wildman–Crippen LogP) is 4.27. The number of carbonyl (C=O) groups excluding carboxylic acids is 1. The number of nitrogens with zero attached hydrogens (tertiary/aromatic N) is 1. The maximum absolute atomic E-state index is 12.9. The summed E-state index contributed by atoms with van der Waals surface area (Å²) in [5.74, 6) is 1.34. The van der Waals surface area contributed by atoms with E-state index < -0.39 is 0 Å². The van der Waals surface area contributed by atoms with Gasteiger partial charge >= 0.3 is 0 Å². The number of benzene rings is 2. The summed E-state index contributed by atoms with van der Waals surface area (Å²) in [6.07, 6.45) is 1.48. The van der Waals surface area contributed by atoms with Crippen LogP contribution < -0.4 is 14.8 Å². The number of hydrogen-bond donors (Lipinski definition) is 1. The van der Waals surface area contributed by atoms with Gasteiger partial charge in [0.15, 0.2) is 0 Å². The first-order valence-corrected chi connectivity index (χ1v) is 11.2. The largest absolute Gasteiger partial charge is 0.492 e. The number of anilines is 1. The number of ether oxygens (including phenoxy) is 3. The Balaban J connectivity index is 1.44. The molecule has 0 bridgehead atoms. The summed E-state index contributed by atoms with van der Waals surface area (Å²) in [6.45, 7) is 11.4. The summed E-state index contributed by atoms with van der Waals surface area (Å²) in [5.41, 5.74) is 3.56. The molecule has 166 valence electrons. The summed E-state index contributed by atoms with van der Waals surface area (Å²) in [7, 11) is 0. The van der Waals surface area contributed by atoms with Gasteiger partial charge in [-0.05, 0) is 51.5 Å². The second-order valence-corrected chi connectivity index (χ2v) is 8.62. The molecule has 6 nitrogen and oxygen atoms in total. The molecule has 0 aromatic heterocycles. The molecule has 2 aromatic rings. The van der Waals surface area contributed by atoms with Gasteiger partial charge in [0, 0.05) is 43.2 Å². The maximum atomic E-state index is 12.9. The Hall–Kier alpha value is -2.57. The highest BCUT2D eigenvalue weighted by Crippen LogP contribution is 2.38. The number of rotatable bonds is 6. The Morgan fingerprint density at radius 1 is 1.10 bits per heavy atom. The summed E-state index contributed by atoms with van der Waals surface area (Å²) in [6, 6.07) is 11.7. The van der Waals surface area contributed by atoms with E-state index in [-0.39, 0.29) is 24.2 Å². The molecule has 0 radical (unpaired) electrons. The van der Waals surface area contributed by atoms with E-state index in [9.17, 15) is 4.79 Å². The zero-order valence-corrected chi connectivity index (χ0v) is 18.8. The lowest BCUT2D eigenvalue weighted by atomic mass is 10.1. The molecule has 0 aliphatic carbocycles. The molecule has 1 fully saturated rings. The van der Waals surface area contributed by atoms with Crippen molar-refractivity contribution < 1.29 is 19.0 Å². The molecule has 2 heterocycles. The molecule has 2 aromatic carbocycles. The van der Waals surface area contributed by atoms with Gasteiger partial charge in [0.1, 0.15) is 17.6 Å². The number of hydrogen-bond acceptors (Lipinski definition) is 5. The van der Waals surface area contributed by atoms with E-state index in [0.29, 0.717) is 23.6 Å². The van der Waals surface area contributed by atoms with Gasteiger partial charge in [-0.2, -0.15) is 0 Å². The Kier molecular flexibility index (Phi) is 6.49. The topological polar surface area (TPSA) is 60.0 Å². The first-order valence-electron chi connectivity index (χ1n) is 11.2. The molecule has 0 saturated carbocycles. The Bertz CT molecular complexity index is 918. The van der Waals surface area contributed by atoms with Crippen molar-refractivity contribution in [2.75, 3.05) is 25.0 Å². The van der Waals surface area contributed by atoms with Crippen LogP contribution in [-0.2, 0) is 17.7 Å². The number of fused-ring (bicyclic) bond motifs is 1. The Morgan fingerprint density at radius 3 is 2.48 bits per heavy atom. The fourth-order valence-corrected chi connectivity index (χ4v) is 4.44. The molecule has 31 heavy (non-hydrogen) atoms. The highest BCUT2D eigenvalue weighted by Gasteiger charge is 2.24. The van der Waals surface area contributed by atoms with Crippen LogP contribution in [0.25, 0.3) is 0 Å². The van der Waals surface area contributed by atoms with Gasteiger partial charge in [0.05, 0.1) is 24.5 Å². The second kappa shape index (κ2) is 9.28. The quantitative estimate of drug-likeness (QED) is 0.750. The number of amides is 1. The zero-order chi connectivity index (χ0) is 22.0. The minimum absolute atomic E-state index is 0.139. The first-order chi connectivity index (χ1) is 14.9. The highest BCUT2D eigenvalue weighted by molar-refractivity contribution is 6.05. The summed E-state index contributed by atoms with van der Waals surface area (Å²) >= 11 is 0. The van der Waals surface area contributed by atoms with Gasteiger partial charge in [0.25, 0.3) is 5.91 Å². The van der Waals surface area contributed by atoms with E-state index in [1.165, 1.54) is 5.56 Å². The van der Waals surface area contributed by atoms with Crippen molar-refractivity contribution in [1.29, 1.82) is 0 Å². The van der Waals surface area contributed by atoms with Crippen LogP contribution in [0.5, 0.6) is 11.5 Å². The zero-order valence-electron chi connectivity index (χ0n) is 18.8. The summed E-state index contributed by atoms with van der Waals surface area (Å²) < 4.78 is 17.4. The molecule has 4 rings (SSSR count). The molecule has 1 amide bonds. The van der Waals surface area contributed by atoms with Crippen LogP contribution in [0, 0.1) is 0 Å². The third-order valence-corrected chi connectivity index (χ3v) is 5.66. The van der Waals surface area contributed by atoms with Crippen molar-refractivity contribution in [2.45, 2.75) is 59.0 Å². The Morgan fingerprint density at radius 2 is 1.81 bits per heavy atom. The lowest BCUT2D eigenvalue weighted by molar-refractivity contribution is -0.0704. The normalized spacial score (nSPS) is 23.2. The fourth-order valence-electron chi connectivity index (χ4n) is 4.44. The number of nitrogens with one attached hydrogen (secondary N) is 1. The van der Waals surface area contributed by atoms with Gasteiger partial charge < -0.3 is 19.5 Å². The van der Waals surface area contributed by atoms with Crippen molar-refractivity contribution in [2.24, 2.45) is 0 Å². The minimum atomic E-state index is -0.160. The van der Waals surface area contributed by atoms with Crippen molar-refractivity contribution in [1.82, 2.24) is 4.90 Å². The number of morpholine rings is 1. The lowest BCUT2D eigenvalue weighted by Crippen LogP contribution is -2.44. The van der Waals surface area contributed by atoms with Gasteiger partial charge in [-0.1, -0.05) is 12.1 Å². The average Bonchev–Trinajstić information content (AvgIpc) is 3.07. The SMILES string of the molecule is CCOc1cc2c(cc1NC(=O)c1ccc(CN3CC(C)OC(C)C3)cc1)OC(C)C2. The number of carbonyl (C=O) groups is 1.